The van der Waals surface area contributed by atoms with E-state index < -0.39 is 10.0 Å². The van der Waals surface area contributed by atoms with Crippen molar-refractivity contribution in [2.24, 2.45) is 7.05 Å². The van der Waals surface area contributed by atoms with Crippen molar-refractivity contribution in [2.45, 2.75) is 33.2 Å². The molecule has 0 fully saturated rings. The molecule has 0 aromatic carbocycles. The van der Waals surface area contributed by atoms with Gasteiger partial charge in [-0.3, -0.25) is 9.48 Å². The predicted octanol–water partition coefficient (Wildman–Crippen LogP) is 0.518. The number of carbonyl (C=O) groups is 1. The molecule has 0 saturated carbocycles. The molecule has 0 saturated heterocycles. The fourth-order valence-electron chi connectivity index (χ4n) is 2.06. The van der Waals surface area contributed by atoms with Gasteiger partial charge in [0, 0.05) is 31.9 Å². The molecule has 0 aliphatic heterocycles. The van der Waals surface area contributed by atoms with E-state index in [-0.39, 0.29) is 11.9 Å². The number of nitrogens with zero attached hydrogens (tertiary/aromatic N) is 3. The largest absolute Gasteiger partial charge is 0.352 e. The van der Waals surface area contributed by atoms with E-state index in [0.717, 1.165) is 5.69 Å². The zero-order valence-electron chi connectivity index (χ0n) is 13.3. The average Bonchev–Trinajstić information content (AvgIpc) is 2.67. The summed E-state index contributed by atoms with van der Waals surface area (Å²) in [5, 5.41) is 6.80. The van der Waals surface area contributed by atoms with Crippen molar-refractivity contribution in [1.82, 2.24) is 19.4 Å². The summed E-state index contributed by atoms with van der Waals surface area (Å²) >= 11 is 0. The minimum Gasteiger partial charge on any atom is -0.352 e. The van der Waals surface area contributed by atoms with E-state index >= 15 is 0 Å². The van der Waals surface area contributed by atoms with Crippen molar-refractivity contribution in [3.05, 3.63) is 17.5 Å². The molecular formula is C13H24N4O3S. The summed E-state index contributed by atoms with van der Waals surface area (Å²) in [6.07, 6.45) is 3.29. The minimum atomic E-state index is -3.21. The molecule has 0 bridgehead atoms. The van der Waals surface area contributed by atoms with Gasteiger partial charge in [0.25, 0.3) is 5.91 Å². The Labute approximate surface area is 126 Å². The number of aromatic nitrogens is 2. The molecule has 7 nitrogen and oxygen atoms in total. The normalized spacial score (nSPS) is 12.1. The van der Waals surface area contributed by atoms with Crippen LogP contribution >= 0.6 is 0 Å². The van der Waals surface area contributed by atoms with Crippen molar-refractivity contribution in [3.63, 3.8) is 0 Å². The second-order valence-electron chi connectivity index (χ2n) is 5.34. The summed E-state index contributed by atoms with van der Waals surface area (Å²) in [7, 11) is -1.44. The Balaban J connectivity index is 2.47. The van der Waals surface area contributed by atoms with Gasteiger partial charge in [-0.05, 0) is 27.2 Å². The molecule has 0 aliphatic carbocycles. The zero-order chi connectivity index (χ0) is 16.2. The number of nitrogens with one attached hydrogen (secondary N) is 1. The van der Waals surface area contributed by atoms with Crippen LogP contribution in [0.4, 0.5) is 0 Å². The second kappa shape index (κ2) is 7.04. The number of rotatable bonds is 7. The van der Waals surface area contributed by atoms with Gasteiger partial charge in [0.2, 0.25) is 10.0 Å². The molecule has 21 heavy (non-hydrogen) atoms. The van der Waals surface area contributed by atoms with Crippen molar-refractivity contribution < 1.29 is 13.2 Å². The quantitative estimate of drug-likeness (QED) is 0.743. The first kappa shape index (κ1) is 17.6. The number of carbonyl (C=O) groups excluding carboxylic acids is 1. The van der Waals surface area contributed by atoms with Crippen molar-refractivity contribution in [3.8, 4) is 0 Å². The fraction of sp³-hybridized carbons (Fsp3) is 0.692. The first-order chi connectivity index (χ1) is 9.64. The lowest BCUT2D eigenvalue weighted by Crippen LogP contribution is -2.38. The standard InChI is InChI=1S/C13H24N4O3S/c1-10(2)17(21(5,19)20)8-6-7-14-13(18)12-9-15-16(4)11(12)3/h9-10H,6-8H2,1-5H3,(H,14,18). The third-order valence-corrected chi connectivity index (χ3v) is 4.78. The van der Waals surface area contributed by atoms with Crippen LogP contribution in [0.2, 0.25) is 0 Å². The zero-order valence-corrected chi connectivity index (χ0v) is 14.1. The van der Waals surface area contributed by atoms with Gasteiger partial charge >= 0.3 is 0 Å². The van der Waals surface area contributed by atoms with E-state index in [4.69, 9.17) is 0 Å². The third kappa shape index (κ3) is 4.82. The summed E-state index contributed by atoms with van der Waals surface area (Å²) in [5.41, 5.74) is 1.34. The molecule has 8 heteroatoms. The van der Waals surface area contributed by atoms with Gasteiger partial charge in [0.15, 0.2) is 0 Å². The molecule has 0 atom stereocenters. The number of hydrogen-bond acceptors (Lipinski definition) is 4. The van der Waals surface area contributed by atoms with E-state index in [1.807, 2.05) is 20.8 Å². The summed E-state index contributed by atoms with van der Waals surface area (Å²) in [6.45, 7) is 6.30. The van der Waals surface area contributed by atoms with Crippen LogP contribution in [0.25, 0.3) is 0 Å². The summed E-state index contributed by atoms with van der Waals surface area (Å²) in [4.78, 5) is 12.0. The summed E-state index contributed by atoms with van der Waals surface area (Å²) in [5.74, 6) is -0.184. The van der Waals surface area contributed by atoms with Crippen molar-refractivity contribution in [1.29, 1.82) is 0 Å². The molecule has 120 valence electrons. The molecule has 1 N–H and O–H groups in total. The highest BCUT2D eigenvalue weighted by Gasteiger charge is 2.19. The van der Waals surface area contributed by atoms with Gasteiger partial charge in [-0.15, -0.1) is 0 Å². The molecule has 0 spiro atoms. The Bertz CT molecular complexity index is 593. The topological polar surface area (TPSA) is 84.3 Å². The Hall–Kier alpha value is -1.41. The van der Waals surface area contributed by atoms with Gasteiger partial charge in [-0.1, -0.05) is 0 Å². The predicted molar refractivity (Wildman–Crippen MR) is 81.6 cm³/mol. The van der Waals surface area contributed by atoms with Gasteiger partial charge in [0.05, 0.1) is 18.0 Å². The average molecular weight is 316 g/mol. The number of sulfonamides is 1. The lowest BCUT2D eigenvalue weighted by atomic mass is 10.2. The Morgan fingerprint density at radius 1 is 1.48 bits per heavy atom. The maximum absolute atomic E-state index is 12.0. The van der Waals surface area contributed by atoms with Crippen LogP contribution in [-0.4, -0.2) is 53.8 Å². The highest BCUT2D eigenvalue weighted by molar-refractivity contribution is 7.88. The van der Waals surface area contributed by atoms with E-state index in [2.05, 4.69) is 10.4 Å². The fourth-order valence-corrected chi connectivity index (χ4v) is 3.29. The summed E-state index contributed by atoms with van der Waals surface area (Å²) < 4.78 is 26.3. The molecular weight excluding hydrogens is 292 g/mol. The van der Waals surface area contributed by atoms with Crippen LogP contribution < -0.4 is 5.32 Å². The van der Waals surface area contributed by atoms with Gasteiger partial charge in [-0.2, -0.15) is 9.40 Å². The van der Waals surface area contributed by atoms with E-state index in [9.17, 15) is 13.2 Å². The second-order valence-corrected chi connectivity index (χ2v) is 7.28. The highest BCUT2D eigenvalue weighted by Crippen LogP contribution is 2.07. The van der Waals surface area contributed by atoms with Crippen LogP contribution in [-0.2, 0) is 17.1 Å². The Morgan fingerprint density at radius 2 is 2.10 bits per heavy atom. The molecule has 0 radical (unpaired) electrons. The molecule has 0 unspecified atom stereocenters. The molecule has 1 aromatic rings. The van der Waals surface area contributed by atoms with Crippen molar-refractivity contribution >= 4 is 15.9 Å². The minimum absolute atomic E-state index is 0.0868. The monoisotopic (exact) mass is 316 g/mol. The van der Waals surface area contributed by atoms with Crippen LogP contribution in [0.1, 0.15) is 36.3 Å². The highest BCUT2D eigenvalue weighted by atomic mass is 32.2. The van der Waals surface area contributed by atoms with Gasteiger partial charge in [-0.25, -0.2) is 8.42 Å². The first-order valence-electron chi connectivity index (χ1n) is 6.88. The third-order valence-electron chi connectivity index (χ3n) is 3.32. The number of amides is 1. The maximum atomic E-state index is 12.0. The van der Waals surface area contributed by atoms with Crippen molar-refractivity contribution in [2.75, 3.05) is 19.3 Å². The SMILES string of the molecule is Cc1c(C(=O)NCCCN(C(C)C)S(C)(=O)=O)cnn1C. The van der Waals surface area contributed by atoms with Crippen LogP contribution in [0.5, 0.6) is 0 Å². The summed E-state index contributed by atoms with van der Waals surface area (Å²) in [6, 6.07) is -0.0868. The van der Waals surface area contributed by atoms with E-state index in [1.54, 1.807) is 11.7 Å². The number of aryl methyl sites for hydroxylation is 1. The van der Waals surface area contributed by atoms with Gasteiger partial charge < -0.3 is 5.32 Å². The molecule has 1 aromatic heterocycles. The number of hydrogen-bond donors (Lipinski definition) is 1. The Kier molecular flexibility index (Phi) is 5.91. The molecule has 0 aliphatic rings. The van der Waals surface area contributed by atoms with Crippen LogP contribution in [0, 0.1) is 6.92 Å². The molecule has 1 amide bonds. The van der Waals surface area contributed by atoms with Gasteiger partial charge in [0.1, 0.15) is 0 Å². The smallest absolute Gasteiger partial charge is 0.254 e. The van der Waals surface area contributed by atoms with Crippen LogP contribution in [0.3, 0.4) is 0 Å². The lowest BCUT2D eigenvalue weighted by Gasteiger charge is -2.23. The van der Waals surface area contributed by atoms with E-state index in [0.29, 0.717) is 25.1 Å². The van der Waals surface area contributed by atoms with Crippen LogP contribution in [0.15, 0.2) is 6.20 Å². The molecule has 1 rings (SSSR count). The molecule has 1 heterocycles. The Morgan fingerprint density at radius 3 is 2.52 bits per heavy atom. The lowest BCUT2D eigenvalue weighted by molar-refractivity contribution is 0.0952. The maximum Gasteiger partial charge on any atom is 0.254 e. The first-order valence-corrected chi connectivity index (χ1v) is 8.73. The van der Waals surface area contributed by atoms with E-state index in [1.165, 1.54) is 16.8 Å².